The quantitative estimate of drug-likeness (QED) is 0.827. The Morgan fingerprint density at radius 2 is 2.33 bits per heavy atom. The van der Waals surface area contributed by atoms with Crippen molar-refractivity contribution in [3.05, 3.63) is 18.0 Å². The number of carboxylic acid groups (broad SMARTS) is 1. The van der Waals surface area contributed by atoms with Crippen LogP contribution < -0.4 is 0 Å². The number of nitrogens with zero attached hydrogens (tertiary/aromatic N) is 3. The van der Waals surface area contributed by atoms with Crippen LogP contribution in [0.5, 0.6) is 0 Å². The fourth-order valence-electron chi connectivity index (χ4n) is 2.17. The summed E-state index contributed by atoms with van der Waals surface area (Å²) in [6, 6.07) is 0. The lowest BCUT2D eigenvalue weighted by Crippen LogP contribution is -2.28. The molecule has 0 saturated carbocycles. The second-order valence-corrected chi connectivity index (χ2v) is 4.71. The fraction of sp³-hybridized carbons (Fsp3) is 0.583. The van der Waals surface area contributed by atoms with E-state index in [1.165, 1.54) is 0 Å². The first-order valence-electron chi connectivity index (χ1n) is 6.06. The summed E-state index contributed by atoms with van der Waals surface area (Å²) in [4.78, 5) is 24.0. The van der Waals surface area contributed by atoms with Crippen molar-refractivity contribution in [2.45, 2.75) is 26.3 Å². The molecule has 1 N–H and O–H groups in total. The van der Waals surface area contributed by atoms with Crippen molar-refractivity contribution in [3.8, 4) is 0 Å². The molecule has 1 unspecified atom stereocenters. The largest absolute Gasteiger partial charge is 0.481 e. The second kappa shape index (κ2) is 5.20. The molecule has 1 atom stereocenters. The van der Waals surface area contributed by atoms with E-state index in [1.807, 2.05) is 17.8 Å². The van der Waals surface area contributed by atoms with Crippen molar-refractivity contribution >= 4 is 11.9 Å². The Hall–Kier alpha value is -1.85. The molecule has 2 heterocycles. The number of amides is 1. The van der Waals surface area contributed by atoms with E-state index in [0.29, 0.717) is 13.1 Å². The molecule has 1 aliphatic rings. The number of aromatic nitrogens is 2. The molecule has 0 spiro atoms. The van der Waals surface area contributed by atoms with Gasteiger partial charge in [0.2, 0.25) is 5.91 Å². The minimum absolute atomic E-state index is 0.0564. The van der Waals surface area contributed by atoms with Gasteiger partial charge in [-0.2, -0.15) is 5.10 Å². The minimum Gasteiger partial charge on any atom is -0.481 e. The van der Waals surface area contributed by atoms with E-state index in [4.69, 9.17) is 5.11 Å². The predicted octanol–water partition coefficient (Wildman–Crippen LogP) is 0.515. The fourth-order valence-corrected chi connectivity index (χ4v) is 2.17. The van der Waals surface area contributed by atoms with E-state index in [0.717, 1.165) is 18.5 Å². The minimum atomic E-state index is -0.881. The van der Waals surface area contributed by atoms with E-state index in [1.54, 1.807) is 11.1 Å². The molecular formula is C12H17N3O3. The highest BCUT2D eigenvalue weighted by Gasteiger charge is 2.33. The molecule has 6 nitrogen and oxygen atoms in total. The number of aliphatic carboxylic acids is 1. The van der Waals surface area contributed by atoms with Gasteiger partial charge in [0.05, 0.1) is 12.1 Å². The Kier molecular flexibility index (Phi) is 3.64. The van der Waals surface area contributed by atoms with Gasteiger partial charge in [-0.05, 0) is 18.9 Å². The highest BCUT2D eigenvalue weighted by Crippen LogP contribution is 2.18. The van der Waals surface area contributed by atoms with E-state index in [9.17, 15) is 9.59 Å². The topological polar surface area (TPSA) is 75.4 Å². The van der Waals surface area contributed by atoms with Gasteiger partial charge in [0.25, 0.3) is 0 Å². The smallest absolute Gasteiger partial charge is 0.308 e. The molecule has 1 aromatic rings. The summed E-state index contributed by atoms with van der Waals surface area (Å²) in [7, 11) is 0. The molecule has 0 bridgehead atoms. The van der Waals surface area contributed by atoms with Gasteiger partial charge in [0.1, 0.15) is 0 Å². The van der Waals surface area contributed by atoms with Crippen LogP contribution in [-0.2, 0) is 16.1 Å². The molecule has 1 aromatic heterocycles. The van der Waals surface area contributed by atoms with E-state index in [2.05, 4.69) is 5.10 Å². The molecule has 0 aromatic carbocycles. The van der Waals surface area contributed by atoms with E-state index < -0.39 is 11.9 Å². The number of carbonyl (C=O) groups excluding carboxylic acids is 1. The van der Waals surface area contributed by atoms with Gasteiger partial charge in [0, 0.05) is 32.3 Å². The number of likely N-dealkylation sites (tertiary alicyclic amines) is 1. The van der Waals surface area contributed by atoms with Gasteiger partial charge in [-0.15, -0.1) is 0 Å². The van der Waals surface area contributed by atoms with Crippen LogP contribution in [0.1, 0.15) is 18.4 Å². The summed E-state index contributed by atoms with van der Waals surface area (Å²) in [5.74, 6) is -1.47. The zero-order valence-corrected chi connectivity index (χ0v) is 10.4. The molecule has 6 heteroatoms. The number of hydrogen-bond acceptors (Lipinski definition) is 3. The summed E-state index contributed by atoms with van der Waals surface area (Å²) in [6.45, 7) is 3.66. The maximum Gasteiger partial charge on any atom is 0.308 e. The molecule has 1 aliphatic heterocycles. The number of hydrogen-bond donors (Lipinski definition) is 1. The molecular weight excluding hydrogens is 234 g/mol. The first-order chi connectivity index (χ1) is 8.56. The molecule has 1 amide bonds. The lowest BCUT2D eigenvalue weighted by atomic mass is 10.1. The summed E-state index contributed by atoms with van der Waals surface area (Å²) < 4.78 is 1.84. The molecule has 2 rings (SSSR count). The highest BCUT2D eigenvalue weighted by atomic mass is 16.4. The van der Waals surface area contributed by atoms with Crippen LogP contribution >= 0.6 is 0 Å². The number of carbonyl (C=O) groups is 2. The average Bonchev–Trinajstić information content (AvgIpc) is 2.87. The van der Waals surface area contributed by atoms with Gasteiger partial charge in [-0.25, -0.2) is 0 Å². The lowest BCUT2D eigenvalue weighted by molar-refractivity contribution is -0.141. The molecule has 18 heavy (non-hydrogen) atoms. The second-order valence-electron chi connectivity index (χ2n) is 4.71. The van der Waals surface area contributed by atoms with Crippen molar-refractivity contribution in [2.24, 2.45) is 5.92 Å². The van der Waals surface area contributed by atoms with Crippen LogP contribution in [0.2, 0.25) is 0 Å². The summed E-state index contributed by atoms with van der Waals surface area (Å²) in [5.41, 5.74) is 1.11. The number of rotatable bonds is 5. The lowest BCUT2D eigenvalue weighted by Gasteiger charge is -2.15. The molecule has 0 aliphatic carbocycles. The Labute approximate surface area is 105 Å². The van der Waals surface area contributed by atoms with Gasteiger partial charge < -0.3 is 10.0 Å². The van der Waals surface area contributed by atoms with Crippen LogP contribution in [-0.4, -0.2) is 44.8 Å². The van der Waals surface area contributed by atoms with Gasteiger partial charge in [-0.3, -0.25) is 14.3 Å². The SMILES string of the molecule is Cc1cnn(CCCN2CC(C(=O)O)CC2=O)c1. The maximum atomic E-state index is 11.6. The Balaban J connectivity index is 1.77. The first-order valence-corrected chi connectivity index (χ1v) is 6.06. The first kappa shape index (κ1) is 12.6. The monoisotopic (exact) mass is 251 g/mol. The summed E-state index contributed by atoms with van der Waals surface area (Å²) in [5, 5.41) is 13.0. The molecule has 98 valence electrons. The maximum absolute atomic E-state index is 11.6. The van der Waals surface area contributed by atoms with Crippen molar-refractivity contribution < 1.29 is 14.7 Å². The van der Waals surface area contributed by atoms with E-state index in [-0.39, 0.29) is 12.3 Å². The normalized spacial score (nSPS) is 19.5. The average molecular weight is 251 g/mol. The molecule has 1 saturated heterocycles. The Morgan fingerprint density at radius 1 is 1.56 bits per heavy atom. The van der Waals surface area contributed by atoms with Crippen LogP contribution in [0.3, 0.4) is 0 Å². The number of carboxylic acids is 1. The third-order valence-corrected chi connectivity index (χ3v) is 3.14. The third-order valence-electron chi connectivity index (χ3n) is 3.14. The van der Waals surface area contributed by atoms with E-state index >= 15 is 0 Å². The van der Waals surface area contributed by atoms with Crippen LogP contribution in [0, 0.1) is 12.8 Å². The Bertz CT molecular complexity index is 455. The van der Waals surface area contributed by atoms with Gasteiger partial charge >= 0.3 is 5.97 Å². The van der Waals surface area contributed by atoms with Crippen molar-refractivity contribution in [3.63, 3.8) is 0 Å². The molecule has 1 fully saturated rings. The molecule has 0 radical (unpaired) electrons. The summed E-state index contributed by atoms with van der Waals surface area (Å²) >= 11 is 0. The van der Waals surface area contributed by atoms with Crippen LogP contribution in [0.15, 0.2) is 12.4 Å². The van der Waals surface area contributed by atoms with Crippen LogP contribution in [0.25, 0.3) is 0 Å². The predicted molar refractivity (Wildman–Crippen MR) is 63.9 cm³/mol. The standard InChI is InChI=1S/C12H17N3O3/c1-9-6-13-15(7-9)4-2-3-14-8-10(12(17)18)5-11(14)16/h6-7,10H,2-5,8H2,1H3,(H,17,18). The Morgan fingerprint density at radius 3 is 2.89 bits per heavy atom. The number of aryl methyl sites for hydroxylation is 2. The summed E-state index contributed by atoms with van der Waals surface area (Å²) in [6.07, 6.45) is 4.67. The highest BCUT2D eigenvalue weighted by molar-refractivity contribution is 5.86. The van der Waals surface area contributed by atoms with Crippen molar-refractivity contribution in [1.82, 2.24) is 14.7 Å². The zero-order valence-electron chi connectivity index (χ0n) is 10.4. The zero-order chi connectivity index (χ0) is 13.1. The van der Waals surface area contributed by atoms with Gasteiger partial charge in [0.15, 0.2) is 0 Å². The van der Waals surface area contributed by atoms with Crippen molar-refractivity contribution in [1.29, 1.82) is 0 Å². The van der Waals surface area contributed by atoms with Crippen LogP contribution in [0.4, 0.5) is 0 Å². The van der Waals surface area contributed by atoms with Crippen molar-refractivity contribution in [2.75, 3.05) is 13.1 Å². The third kappa shape index (κ3) is 2.88. The van der Waals surface area contributed by atoms with Gasteiger partial charge in [-0.1, -0.05) is 0 Å².